The molecule has 2 rings (SSSR count). The Balaban J connectivity index is 2.32. The molecule has 4 nitrogen and oxygen atoms in total. The highest BCUT2D eigenvalue weighted by molar-refractivity contribution is 7.86. The van der Waals surface area contributed by atoms with Gasteiger partial charge in [-0.3, -0.25) is 4.79 Å². The highest BCUT2D eigenvalue weighted by Gasteiger charge is 2.13. The molecule has 0 N–H and O–H groups in total. The first kappa shape index (κ1) is 15.3. The molecule has 0 aliphatic carbocycles. The molecule has 0 heterocycles. The summed E-state index contributed by atoms with van der Waals surface area (Å²) in [5.41, 5.74) is 2.88. The van der Waals surface area contributed by atoms with Gasteiger partial charge in [0.05, 0.1) is 6.26 Å². The zero-order valence-corrected chi connectivity index (χ0v) is 12.9. The first-order chi connectivity index (χ1) is 9.76. The highest BCUT2D eigenvalue weighted by Crippen LogP contribution is 2.21. The summed E-state index contributed by atoms with van der Waals surface area (Å²) in [6.45, 7) is 3.70. The molecule has 0 fully saturated rings. The van der Waals surface area contributed by atoms with Gasteiger partial charge in [-0.25, -0.2) is 0 Å². The Labute approximate surface area is 124 Å². The quantitative estimate of drug-likeness (QED) is 0.643. The third-order valence-electron chi connectivity index (χ3n) is 3.00. The monoisotopic (exact) mass is 304 g/mol. The summed E-state index contributed by atoms with van der Waals surface area (Å²) in [6.07, 6.45) is 0.980. The molecule has 0 aromatic heterocycles. The van der Waals surface area contributed by atoms with E-state index in [1.54, 1.807) is 31.2 Å². The van der Waals surface area contributed by atoms with E-state index in [0.717, 1.165) is 11.8 Å². The van der Waals surface area contributed by atoms with E-state index in [4.69, 9.17) is 4.18 Å². The van der Waals surface area contributed by atoms with Crippen molar-refractivity contribution in [3.05, 3.63) is 64.7 Å². The number of benzene rings is 2. The summed E-state index contributed by atoms with van der Waals surface area (Å²) in [7, 11) is -3.57. The third-order valence-corrected chi connectivity index (χ3v) is 3.50. The van der Waals surface area contributed by atoms with Crippen LogP contribution in [0.5, 0.6) is 5.75 Å². The topological polar surface area (TPSA) is 60.4 Å². The first-order valence-electron chi connectivity index (χ1n) is 6.38. The van der Waals surface area contributed by atoms with Gasteiger partial charge < -0.3 is 4.18 Å². The molecule has 0 aliphatic rings. The Morgan fingerprint density at radius 2 is 1.62 bits per heavy atom. The van der Waals surface area contributed by atoms with Crippen molar-refractivity contribution in [1.29, 1.82) is 0 Å². The predicted molar refractivity (Wildman–Crippen MR) is 81.3 cm³/mol. The smallest absolute Gasteiger partial charge is 0.306 e. The van der Waals surface area contributed by atoms with Gasteiger partial charge >= 0.3 is 10.1 Å². The Morgan fingerprint density at radius 3 is 2.14 bits per heavy atom. The molecule has 0 saturated carbocycles. The third kappa shape index (κ3) is 3.92. The number of aryl methyl sites for hydroxylation is 2. The van der Waals surface area contributed by atoms with Crippen molar-refractivity contribution in [2.75, 3.05) is 6.26 Å². The van der Waals surface area contributed by atoms with Crippen molar-refractivity contribution in [3.8, 4) is 5.75 Å². The van der Waals surface area contributed by atoms with Gasteiger partial charge in [0.1, 0.15) is 5.75 Å². The molecule has 5 heteroatoms. The van der Waals surface area contributed by atoms with Crippen LogP contribution < -0.4 is 4.18 Å². The van der Waals surface area contributed by atoms with Crippen LogP contribution in [0.3, 0.4) is 0 Å². The number of ketones is 1. The van der Waals surface area contributed by atoms with E-state index in [1.165, 1.54) is 6.07 Å². The van der Waals surface area contributed by atoms with E-state index < -0.39 is 10.1 Å². The molecule has 0 bridgehead atoms. The lowest BCUT2D eigenvalue weighted by molar-refractivity contribution is 0.103. The van der Waals surface area contributed by atoms with Crippen molar-refractivity contribution >= 4 is 15.9 Å². The second-order valence-electron chi connectivity index (χ2n) is 4.96. The number of rotatable bonds is 4. The number of hydrogen-bond acceptors (Lipinski definition) is 4. The minimum Gasteiger partial charge on any atom is -0.383 e. The van der Waals surface area contributed by atoms with Crippen LogP contribution in [0.4, 0.5) is 0 Å². The fraction of sp³-hybridized carbons (Fsp3) is 0.188. The summed E-state index contributed by atoms with van der Waals surface area (Å²) >= 11 is 0. The first-order valence-corrected chi connectivity index (χ1v) is 8.19. The molecular formula is C16H16O4S. The molecule has 110 valence electrons. The standard InChI is InChI=1S/C16H16O4S/c1-11-4-6-13(7-5-11)16(17)15-9-8-14(10-12(15)2)20-21(3,18)19/h4-10H,1-3H3. The fourth-order valence-corrected chi connectivity index (χ4v) is 2.43. The van der Waals surface area contributed by atoms with Crippen LogP contribution in [-0.2, 0) is 10.1 Å². The van der Waals surface area contributed by atoms with Crippen LogP contribution in [-0.4, -0.2) is 20.5 Å². The van der Waals surface area contributed by atoms with Crippen LogP contribution in [0, 0.1) is 13.8 Å². The van der Waals surface area contributed by atoms with Crippen LogP contribution in [0.25, 0.3) is 0 Å². The molecule has 2 aromatic rings. The average Bonchev–Trinajstić information content (AvgIpc) is 2.37. The van der Waals surface area contributed by atoms with Gasteiger partial charge in [0.25, 0.3) is 0 Å². The summed E-state index contributed by atoms with van der Waals surface area (Å²) in [6, 6.07) is 11.9. The van der Waals surface area contributed by atoms with Crippen molar-refractivity contribution < 1.29 is 17.4 Å². The van der Waals surface area contributed by atoms with Gasteiger partial charge in [-0.2, -0.15) is 8.42 Å². The molecule has 2 aromatic carbocycles. The van der Waals surface area contributed by atoms with Gasteiger partial charge in [0.15, 0.2) is 5.78 Å². The second kappa shape index (κ2) is 5.69. The number of carbonyl (C=O) groups excluding carboxylic acids is 1. The van der Waals surface area contributed by atoms with Gasteiger partial charge in [0.2, 0.25) is 0 Å². The maximum atomic E-state index is 12.4. The van der Waals surface area contributed by atoms with Crippen LogP contribution in [0.1, 0.15) is 27.0 Å². The van der Waals surface area contributed by atoms with Crippen LogP contribution >= 0.6 is 0 Å². The maximum absolute atomic E-state index is 12.4. The van der Waals surface area contributed by atoms with E-state index in [9.17, 15) is 13.2 Å². The molecule has 0 aliphatic heterocycles. The molecule has 0 saturated heterocycles. The summed E-state index contributed by atoms with van der Waals surface area (Å²) in [5, 5.41) is 0. The lowest BCUT2D eigenvalue weighted by Crippen LogP contribution is -2.07. The minimum absolute atomic E-state index is 0.0987. The largest absolute Gasteiger partial charge is 0.383 e. The molecule has 0 amide bonds. The second-order valence-corrected chi connectivity index (χ2v) is 6.53. The molecule has 0 radical (unpaired) electrons. The van der Waals surface area contributed by atoms with E-state index in [2.05, 4.69) is 0 Å². The number of hydrogen-bond donors (Lipinski definition) is 0. The average molecular weight is 304 g/mol. The maximum Gasteiger partial charge on any atom is 0.306 e. The molecule has 0 unspecified atom stereocenters. The van der Waals surface area contributed by atoms with Crippen LogP contribution in [0.2, 0.25) is 0 Å². The molecular weight excluding hydrogens is 288 g/mol. The van der Waals surface area contributed by atoms with E-state index in [0.29, 0.717) is 16.7 Å². The Morgan fingerprint density at radius 1 is 1.00 bits per heavy atom. The van der Waals surface area contributed by atoms with Crippen molar-refractivity contribution in [2.45, 2.75) is 13.8 Å². The van der Waals surface area contributed by atoms with Crippen LogP contribution in [0.15, 0.2) is 42.5 Å². The Bertz CT molecular complexity index is 774. The Kier molecular flexibility index (Phi) is 4.14. The summed E-state index contributed by atoms with van der Waals surface area (Å²) in [5.74, 6) is 0.105. The van der Waals surface area contributed by atoms with Gasteiger partial charge in [-0.1, -0.05) is 29.8 Å². The number of carbonyl (C=O) groups is 1. The highest BCUT2D eigenvalue weighted by atomic mass is 32.2. The van der Waals surface area contributed by atoms with E-state index in [-0.39, 0.29) is 11.5 Å². The minimum atomic E-state index is -3.57. The zero-order chi connectivity index (χ0) is 15.6. The van der Waals surface area contributed by atoms with Gasteiger partial charge in [-0.05, 0) is 37.6 Å². The SMILES string of the molecule is Cc1ccc(C(=O)c2ccc(OS(C)(=O)=O)cc2C)cc1. The van der Waals surface area contributed by atoms with E-state index in [1.807, 2.05) is 19.1 Å². The van der Waals surface area contributed by atoms with Crippen molar-refractivity contribution in [1.82, 2.24) is 0 Å². The van der Waals surface area contributed by atoms with Crippen molar-refractivity contribution in [3.63, 3.8) is 0 Å². The predicted octanol–water partition coefficient (Wildman–Crippen LogP) is 2.87. The lowest BCUT2D eigenvalue weighted by Gasteiger charge is -2.08. The normalized spacial score (nSPS) is 11.2. The molecule has 21 heavy (non-hydrogen) atoms. The molecule has 0 spiro atoms. The fourth-order valence-electron chi connectivity index (χ4n) is 1.98. The summed E-state index contributed by atoms with van der Waals surface area (Å²) < 4.78 is 27.0. The lowest BCUT2D eigenvalue weighted by atomic mass is 9.98. The Hall–Kier alpha value is -2.14. The van der Waals surface area contributed by atoms with Crippen molar-refractivity contribution in [2.24, 2.45) is 0 Å². The van der Waals surface area contributed by atoms with Gasteiger partial charge in [0, 0.05) is 11.1 Å². The summed E-state index contributed by atoms with van der Waals surface area (Å²) in [4.78, 5) is 12.4. The van der Waals surface area contributed by atoms with E-state index >= 15 is 0 Å². The van der Waals surface area contributed by atoms with Gasteiger partial charge in [-0.15, -0.1) is 0 Å². The zero-order valence-electron chi connectivity index (χ0n) is 12.1. The molecule has 0 atom stereocenters.